The number of benzene rings is 2. The zero-order valence-electron chi connectivity index (χ0n) is 14.2. The summed E-state index contributed by atoms with van der Waals surface area (Å²) in [6, 6.07) is 17.1. The Kier molecular flexibility index (Phi) is 5.34. The van der Waals surface area contributed by atoms with Gasteiger partial charge in [-0.3, -0.25) is 4.79 Å². The molecule has 0 saturated heterocycles. The molecule has 1 heterocycles. The minimum atomic E-state index is -0.790. The van der Waals surface area contributed by atoms with Crippen molar-refractivity contribution in [2.45, 2.75) is 19.1 Å². The molecule has 26 heavy (non-hydrogen) atoms. The first-order valence-corrected chi connectivity index (χ1v) is 8.24. The average molecular weight is 353 g/mol. The molecule has 0 fully saturated rings. The average Bonchev–Trinajstić information content (AvgIpc) is 2.66. The van der Waals surface area contributed by atoms with E-state index in [1.54, 1.807) is 43.3 Å². The van der Waals surface area contributed by atoms with E-state index in [1.807, 2.05) is 18.2 Å². The van der Waals surface area contributed by atoms with Crippen LogP contribution in [-0.2, 0) is 4.79 Å². The Morgan fingerprint density at radius 3 is 2.65 bits per heavy atom. The van der Waals surface area contributed by atoms with E-state index >= 15 is 0 Å². The molecule has 2 aromatic carbocycles. The molecule has 0 aliphatic carbocycles. The molecule has 0 radical (unpaired) electrons. The quantitative estimate of drug-likeness (QED) is 0.665. The van der Waals surface area contributed by atoms with E-state index in [0.29, 0.717) is 11.3 Å². The number of carbonyl (C=O) groups excluding carboxylic acids is 1. The van der Waals surface area contributed by atoms with Gasteiger partial charge in [-0.1, -0.05) is 30.3 Å². The summed E-state index contributed by atoms with van der Waals surface area (Å²) in [4.78, 5) is 23.5. The van der Waals surface area contributed by atoms with Gasteiger partial charge >= 0.3 is 5.63 Å². The lowest BCUT2D eigenvalue weighted by molar-refractivity contribution is -0.127. The summed E-state index contributed by atoms with van der Waals surface area (Å²) < 4.78 is 10.7. The highest BCUT2D eigenvalue weighted by Crippen LogP contribution is 2.20. The van der Waals surface area contributed by atoms with E-state index < -0.39 is 17.8 Å². The molecule has 3 aromatic rings. The van der Waals surface area contributed by atoms with Crippen molar-refractivity contribution in [2.24, 2.45) is 0 Å². The zero-order chi connectivity index (χ0) is 18.5. The van der Waals surface area contributed by atoms with Crippen LogP contribution >= 0.6 is 0 Å². The van der Waals surface area contributed by atoms with Crippen LogP contribution in [-0.4, -0.2) is 23.7 Å². The second-order valence-electron chi connectivity index (χ2n) is 5.89. The van der Waals surface area contributed by atoms with Gasteiger partial charge in [0.15, 0.2) is 6.10 Å². The number of rotatable bonds is 6. The second kappa shape index (κ2) is 7.84. The number of aliphatic hydroxyl groups excluding tert-OH is 1. The molecule has 6 heteroatoms. The van der Waals surface area contributed by atoms with Crippen LogP contribution in [0.4, 0.5) is 0 Å². The summed E-state index contributed by atoms with van der Waals surface area (Å²) >= 11 is 0. The van der Waals surface area contributed by atoms with Gasteiger partial charge in [0.1, 0.15) is 11.3 Å². The maximum Gasteiger partial charge on any atom is 0.336 e. The molecular formula is C20H19NO5. The number of amides is 1. The predicted octanol–water partition coefficient (Wildman–Crippen LogP) is 2.41. The van der Waals surface area contributed by atoms with Crippen molar-refractivity contribution in [1.82, 2.24) is 5.32 Å². The van der Waals surface area contributed by atoms with Crippen LogP contribution in [0.3, 0.4) is 0 Å². The summed E-state index contributed by atoms with van der Waals surface area (Å²) in [6.07, 6.45) is -1.56. The Morgan fingerprint density at radius 1 is 1.15 bits per heavy atom. The van der Waals surface area contributed by atoms with Crippen molar-refractivity contribution in [3.8, 4) is 5.75 Å². The van der Waals surface area contributed by atoms with Crippen LogP contribution in [0.5, 0.6) is 5.75 Å². The number of aliphatic hydroxyl groups is 1. The molecule has 1 amide bonds. The largest absolute Gasteiger partial charge is 0.481 e. The molecule has 0 aliphatic rings. The molecule has 1 aromatic heterocycles. The maximum absolute atomic E-state index is 12.2. The molecule has 0 spiro atoms. The van der Waals surface area contributed by atoms with Crippen LogP contribution in [0.25, 0.3) is 11.0 Å². The van der Waals surface area contributed by atoms with Crippen molar-refractivity contribution < 1.29 is 19.1 Å². The van der Waals surface area contributed by atoms with Crippen molar-refractivity contribution in [3.63, 3.8) is 0 Å². The van der Waals surface area contributed by atoms with Crippen LogP contribution in [0.1, 0.15) is 18.6 Å². The molecule has 2 N–H and O–H groups in total. The van der Waals surface area contributed by atoms with E-state index in [-0.39, 0.29) is 12.5 Å². The molecule has 2 atom stereocenters. The van der Waals surface area contributed by atoms with Crippen molar-refractivity contribution in [3.05, 3.63) is 76.6 Å². The fraction of sp³-hybridized carbons (Fsp3) is 0.200. The van der Waals surface area contributed by atoms with E-state index in [2.05, 4.69) is 5.32 Å². The Balaban J connectivity index is 1.59. The lowest BCUT2D eigenvalue weighted by Crippen LogP contribution is -2.38. The van der Waals surface area contributed by atoms with Crippen LogP contribution in [0.2, 0.25) is 0 Å². The van der Waals surface area contributed by atoms with Gasteiger partial charge in [0.2, 0.25) is 0 Å². The number of hydrogen-bond donors (Lipinski definition) is 2. The van der Waals surface area contributed by atoms with Gasteiger partial charge < -0.3 is 19.6 Å². The fourth-order valence-electron chi connectivity index (χ4n) is 2.51. The summed E-state index contributed by atoms with van der Waals surface area (Å²) in [5, 5.41) is 13.5. The smallest absolute Gasteiger partial charge is 0.336 e. The minimum absolute atomic E-state index is 0.0865. The Hall–Kier alpha value is -3.12. The molecule has 134 valence electrons. The zero-order valence-corrected chi connectivity index (χ0v) is 14.2. The van der Waals surface area contributed by atoms with Gasteiger partial charge in [0.05, 0.1) is 6.10 Å². The first kappa shape index (κ1) is 17.7. The third-order valence-electron chi connectivity index (χ3n) is 3.93. The van der Waals surface area contributed by atoms with Gasteiger partial charge in [0, 0.05) is 24.1 Å². The van der Waals surface area contributed by atoms with Crippen LogP contribution < -0.4 is 15.7 Å². The third-order valence-corrected chi connectivity index (χ3v) is 3.93. The molecule has 3 rings (SSSR count). The van der Waals surface area contributed by atoms with E-state index in [4.69, 9.17) is 9.15 Å². The fourth-order valence-corrected chi connectivity index (χ4v) is 2.51. The molecule has 0 aliphatic heterocycles. The molecule has 0 saturated carbocycles. The summed E-state index contributed by atoms with van der Waals surface area (Å²) in [5.41, 5.74) is 0.670. The number of carbonyl (C=O) groups is 1. The summed E-state index contributed by atoms with van der Waals surface area (Å²) in [7, 11) is 0. The molecule has 6 nitrogen and oxygen atoms in total. The molecule has 0 unspecified atom stereocenters. The van der Waals surface area contributed by atoms with Crippen molar-refractivity contribution in [1.29, 1.82) is 0 Å². The standard InChI is InChI=1S/C20H19NO5/c1-13(20(24)21-12-17(22)14-5-3-2-4-6-14)25-16-9-7-15-8-10-19(23)26-18(15)11-16/h2-11,13,17,22H,12H2,1H3,(H,21,24)/t13-,17-/m1/s1. The topological polar surface area (TPSA) is 88.8 Å². The van der Waals surface area contributed by atoms with Gasteiger partial charge in [-0.25, -0.2) is 4.79 Å². The SMILES string of the molecule is C[C@@H](Oc1ccc2ccc(=O)oc2c1)C(=O)NC[C@@H](O)c1ccccc1. The van der Waals surface area contributed by atoms with Gasteiger partial charge in [0.25, 0.3) is 5.91 Å². The third kappa shape index (κ3) is 4.29. The predicted molar refractivity (Wildman–Crippen MR) is 97.0 cm³/mol. The highest BCUT2D eigenvalue weighted by atomic mass is 16.5. The lowest BCUT2D eigenvalue weighted by atomic mass is 10.1. The Morgan fingerprint density at radius 2 is 1.88 bits per heavy atom. The second-order valence-corrected chi connectivity index (χ2v) is 5.89. The number of ether oxygens (including phenoxy) is 1. The minimum Gasteiger partial charge on any atom is -0.481 e. The summed E-state index contributed by atoms with van der Waals surface area (Å²) in [5.74, 6) is 0.0627. The highest BCUT2D eigenvalue weighted by Gasteiger charge is 2.17. The highest BCUT2D eigenvalue weighted by molar-refractivity contribution is 5.81. The first-order chi connectivity index (χ1) is 12.5. The monoisotopic (exact) mass is 353 g/mol. The number of nitrogens with one attached hydrogen (secondary N) is 1. The first-order valence-electron chi connectivity index (χ1n) is 8.24. The number of fused-ring (bicyclic) bond motifs is 1. The van der Waals surface area contributed by atoms with Crippen molar-refractivity contribution in [2.75, 3.05) is 6.54 Å². The lowest BCUT2D eigenvalue weighted by Gasteiger charge is -2.17. The molecular weight excluding hydrogens is 334 g/mol. The van der Waals surface area contributed by atoms with Crippen LogP contribution in [0.15, 0.2) is 69.9 Å². The maximum atomic E-state index is 12.2. The Bertz CT molecular complexity index is 951. The van der Waals surface area contributed by atoms with E-state index in [9.17, 15) is 14.7 Å². The van der Waals surface area contributed by atoms with Crippen molar-refractivity contribution >= 4 is 16.9 Å². The summed E-state index contributed by atoms with van der Waals surface area (Å²) in [6.45, 7) is 1.69. The van der Waals surface area contributed by atoms with Gasteiger partial charge in [-0.15, -0.1) is 0 Å². The number of hydrogen-bond acceptors (Lipinski definition) is 5. The molecule has 0 bridgehead atoms. The van der Waals surface area contributed by atoms with Crippen LogP contribution in [0, 0.1) is 0 Å². The normalized spacial score (nSPS) is 13.2. The van der Waals surface area contributed by atoms with E-state index in [0.717, 1.165) is 10.9 Å². The van der Waals surface area contributed by atoms with Gasteiger partial charge in [-0.2, -0.15) is 0 Å². The van der Waals surface area contributed by atoms with Gasteiger partial charge in [-0.05, 0) is 30.7 Å². The van der Waals surface area contributed by atoms with E-state index in [1.165, 1.54) is 6.07 Å². The Labute approximate surface area is 150 Å².